The van der Waals surface area contributed by atoms with E-state index in [1.165, 1.54) is 70.6 Å². The van der Waals surface area contributed by atoms with Crippen molar-refractivity contribution in [3.63, 3.8) is 0 Å². The number of hydrogen-bond acceptors (Lipinski definition) is 1. The molecule has 0 spiro atoms. The Morgan fingerprint density at radius 1 is 0.909 bits per heavy atom. The molecule has 2 heteroatoms. The zero-order valence-electron chi connectivity index (χ0n) is 15.3. The molecular weight excluding hydrogens is 270 g/mol. The molecule has 1 unspecified atom stereocenters. The van der Waals surface area contributed by atoms with Crippen LogP contribution in [0.1, 0.15) is 97.3 Å². The molecule has 1 aliphatic rings. The monoisotopic (exact) mass is 309 g/mol. The van der Waals surface area contributed by atoms with Crippen LogP contribution >= 0.6 is 0 Å². The van der Waals surface area contributed by atoms with Gasteiger partial charge >= 0.3 is 0 Å². The lowest BCUT2D eigenvalue weighted by molar-refractivity contribution is -0.129. The largest absolute Gasteiger partial charge is 0.359 e. The minimum absolute atomic E-state index is 0.268. The molecule has 1 aliphatic carbocycles. The number of nitrogens with one attached hydrogen (secondary N) is 1. The molecule has 0 bridgehead atoms. The van der Waals surface area contributed by atoms with Crippen molar-refractivity contribution in [2.45, 2.75) is 97.3 Å². The van der Waals surface area contributed by atoms with E-state index in [4.69, 9.17) is 0 Å². The van der Waals surface area contributed by atoms with E-state index in [1.807, 2.05) is 0 Å². The third-order valence-electron chi connectivity index (χ3n) is 5.57. The molecule has 0 saturated heterocycles. The fourth-order valence-electron chi connectivity index (χ4n) is 3.92. The van der Waals surface area contributed by atoms with E-state index in [-0.39, 0.29) is 5.91 Å². The fraction of sp³-hybridized carbons (Fsp3) is 0.950. The summed E-state index contributed by atoms with van der Waals surface area (Å²) in [6, 6.07) is 0. The van der Waals surface area contributed by atoms with E-state index in [2.05, 4.69) is 19.2 Å². The predicted molar refractivity (Wildman–Crippen MR) is 95.9 cm³/mol. The van der Waals surface area contributed by atoms with Gasteiger partial charge in [0, 0.05) is 13.0 Å². The molecule has 1 amide bonds. The predicted octanol–water partition coefficient (Wildman–Crippen LogP) is 5.71. The van der Waals surface area contributed by atoms with Crippen LogP contribution in [0, 0.1) is 17.8 Å². The lowest BCUT2D eigenvalue weighted by Crippen LogP contribution is -2.39. The van der Waals surface area contributed by atoms with Crippen LogP contribution < -0.4 is 5.32 Å². The fourth-order valence-corrected chi connectivity index (χ4v) is 3.92. The van der Waals surface area contributed by atoms with Crippen LogP contribution in [0.25, 0.3) is 0 Å². The van der Waals surface area contributed by atoms with Gasteiger partial charge in [-0.1, -0.05) is 84.5 Å². The number of hydrogen-bond donors (Lipinski definition) is 1. The molecular formula is C20H39NO. The van der Waals surface area contributed by atoms with Crippen LogP contribution in [0.15, 0.2) is 0 Å². The standard InChI is InChI=1S/C20H39NO/c1-4-6-8-10-12-14-17(13-11-9-7-5-2)18-15-19(16-18)20(22)21-3/h17-19H,4-16H2,1-3H3,(H,21,22). The van der Waals surface area contributed by atoms with Crippen molar-refractivity contribution < 1.29 is 4.79 Å². The summed E-state index contributed by atoms with van der Waals surface area (Å²) >= 11 is 0. The molecule has 0 aromatic rings. The summed E-state index contributed by atoms with van der Waals surface area (Å²) in [7, 11) is 1.77. The van der Waals surface area contributed by atoms with Gasteiger partial charge < -0.3 is 5.32 Å². The topological polar surface area (TPSA) is 29.1 Å². The average molecular weight is 310 g/mol. The van der Waals surface area contributed by atoms with Crippen molar-refractivity contribution in [2.24, 2.45) is 17.8 Å². The summed E-state index contributed by atoms with van der Waals surface area (Å²) in [5.41, 5.74) is 0. The summed E-state index contributed by atoms with van der Waals surface area (Å²) in [6.07, 6.45) is 17.5. The maximum atomic E-state index is 11.7. The van der Waals surface area contributed by atoms with Crippen molar-refractivity contribution in [3.05, 3.63) is 0 Å². The van der Waals surface area contributed by atoms with Crippen LogP contribution in [0.2, 0.25) is 0 Å². The second-order valence-corrected chi connectivity index (χ2v) is 7.35. The first-order valence-electron chi connectivity index (χ1n) is 9.94. The first-order valence-corrected chi connectivity index (χ1v) is 9.94. The Morgan fingerprint density at radius 2 is 1.41 bits per heavy atom. The summed E-state index contributed by atoms with van der Waals surface area (Å²) in [5.74, 6) is 2.30. The molecule has 0 aromatic carbocycles. The van der Waals surface area contributed by atoms with Gasteiger partial charge in [0.1, 0.15) is 0 Å². The molecule has 1 atom stereocenters. The van der Waals surface area contributed by atoms with Crippen LogP contribution in [0.5, 0.6) is 0 Å². The summed E-state index contributed by atoms with van der Waals surface area (Å²) in [5, 5.41) is 2.81. The molecule has 1 fully saturated rings. The Morgan fingerprint density at radius 3 is 1.91 bits per heavy atom. The first kappa shape index (κ1) is 19.5. The highest BCUT2D eigenvalue weighted by Gasteiger charge is 2.37. The molecule has 22 heavy (non-hydrogen) atoms. The van der Waals surface area contributed by atoms with E-state index >= 15 is 0 Å². The Kier molecular flexibility index (Phi) is 10.6. The van der Waals surface area contributed by atoms with Gasteiger partial charge in [0.15, 0.2) is 0 Å². The molecule has 130 valence electrons. The van der Waals surface area contributed by atoms with Gasteiger partial charge in [0.05, 0.1) is 0 Å². The van der Waals surface area contributed by atoms with Crippen molar-refractivity contribution in [1.29, 1.82) is 0 Å². The Balaban J connectivity index is 2.27. The molecule has 1 N–H and O–H groups in total. The van der Waals surface area contributed by atoms with E-state index < -0.39 is 0 Å². The van der Waals surface area contributed by atoms with Gasteiger partial charge in [-0.2, -0.15) is 0 Å². The maximum absolute atomic E-state index is 11.7. The zero-order valence-corrected chi connectivity index (χ0v) is 15.3. The van der Waals surface area contributed by atoms with Crippen LogP contribution in [0.4, 0.5) is 0 Å². The second-order valence-electron chi connectivity index (χ2n) is 7.35. The lowest BCUT2D eigenvalue weighted by atomic mass is 9.65. The molecule has 0 radical (unpaired) electrons. The summed E-state index contributed by atoms with van der Waals surface area (Å²) < 4.78 is 0. The highest BCUT2D eigenvalue weighted by molar-refractivity contribution is 5.79. The lowest BCUT2D eigenvalue weighted by Gasteiger charge is -2.40. The summed E-state index contributed by atoms with van der Waals surface area (Å²) in [4.78, 5) is 11.7. The van der Waals surface area contributed by atoms with Crippen LogP contribution in [-0.2, 0) is 4.79 Å². The van der Waals surface area contributed by atoms with E-state index in [0.29, 0.717) is 5.92 Å². The SMILES string of the molecule is CCCCCCCC(CCCCCC)C1CC(C(=O)NC)C1. The summed E-state index contributed by atoms with van der Waals surface area (Å²) in [6.45, 7) is 4.56. The van der Waals surface area contributed by atoms with Crippen molar-refractivity contribution >= 4 is 5.91 Å². The highest BCUT2D eigenvalue weighted by atomic mass is 16.1. The van der Waals surface area contributed by atoms with Gasteiger partial charge in [-0.05, 0) is 24.7 Å². The van der Waals surface area contributed by atoms with Gasteiger partial charge in [-0.3, -0.25) is 4.79 Å². The number of rotatable bonds is 13. The average Bonchev–Trinajstić information content (AvgIpc) is 2.48. The van der Waals surface area contributed by atoms with E-state index in [0.717, 1.165) is 24.7 Å². The number of unbranched alkanes of at least 4 members (excludes halogenated alkanes) is 7. The maximum Gasteiger partial charge on any atom is 0.222 e. The van der Waals surface area contributed by atoms with Crippen molar-refractivity contribution in [3.8, 4) is 0 Å². The number of carbonyl (C=O) groups excluding carboxylic acids is 1. The smallest absolute Gasteiger partial charge is 0.222 e. The van der Waals surface area contributed by atoms with E-state index in [1.54, 1.807) is 7.05 Å². The molecule has 1 rings (SSSR count). The van der Waals surface area contributed by atoms with Gasteiger partial charge in [0.2, 0.25) is 5.91 Å². The minimum Gasteiger partial charge on any atom is -0.359 e. The highest BCUT2D eigenvalue weighted by Crippen LogP contribution is 2.43. The quantitative estimate of drug-likeness (QED) is 0.434. The second kappa shape index (κ2) is 12.0. The number of carbonyl (C=O) groups is 1. The third kappa shape index (κ3) is 7.15. The zero-order chi connectivity index (χ0) is 16.2. The molecule has 0 aliphatic heterocycles. The first-order chi connectivity index (χ1) is 10.7. The molecule has 1 saturated carbocycles. The van der Waals surface area contributed by atoms with Gasteiger partial charge in [-0.25, -0.2) is 0 Å². The van der Waals surface area contributed by atoms with Gasteiger partial charge in [0.25, 0.3) is 0 Å². The van der Waals surface area contributed by atoms with Crippen LogP contribution in [-0.4, -0.2) is 13.0 Å². The van der Waals surface area contributed by atoms with E-state index in [9.17, 15) is 4.79 Å². The Hall–Kier alpha value is -0.530. The van der Waals surface area contributed by atoms with Crippen molar-refractivity contribution in [2.75, 3.05) is 7.05 Å². The Labute approximate surface area is 138 Å². The molecule has 0 aromatic heterocycles. The Bertz CT molecular complexity index is 283. The number of amides is 1. The molecule has 0 heterocycles. The normalized spacial score (nSPS) is 22.1. The van der Waals surface area contributed by atoms with Crippen LogP contribution in [0.3, 0.4) is 0 Å². The minimum atomic E-state index is 0.268. The van der Waals surface area contributed by atoms with Gasteiger partial charge in [-0.15, -0.1) is 0 Å². The molecule has 2 nitrogen and oxygen atoms in total. The van der Waals surface area contributed by atoms with Crippen molar-refractivity contribution in [1.82, 2.24) is 5.32 Å². The third-order valence-corrected chi connectivity index (χ3v) is 5.57.